The maximum absolute atomic E-state index is 13.1. The quantitative estimate of drug-likeness (QED) is 0.838. The zero-order valence-corrected chi connectivity index (χ0v) is 15.5. The number of aryl methyl sites for hydroxylation is 1. The second-order valence-corrected chi connectivity index (χ2v) is 7.84. The topological polar surface area (TPSA) is 49.8 Å². The fourth-order valence-corrected chi connectivity index (χ4v) is 4.14. The van der Waals surface area contributed by atoms with Gasteiger partial charge in [0.15, 0.2) is 0 Å². The lowest BCUT2D eigenvalue weighted by Gasteiger charge is -2.40. The van der Waals surface area contributed by atoms with Crippen LogP contribution in [-0.4, -0.2) is 42.5 Å². The minimum absolute atomic E-state index is 0.0602. The van der Waals surface area contributed by atoms with E-state index >= 15 is 0 Å². The number of hydrogen-bond donors (Lipinski definition) is 1. The fourth-order valence-electron chi connectivity index (χ4n) is 4.14. The number of alkyl halides is 3. The van der Waals surface area contributed by atoms with Crippen LogP contribution in [0.25, 0.3) is 0 Å². The van der Waals surface area contributed by atoms with E-state index in [-0.39, 0.29) is 25.4 Å². The SMILES string of the molecule is CCc1ccc(N2CC[C@]3(CC[C@@](O)(COCC(F)(F)F)CC3)C2=O)cc1. The van der Waals surface area contributed by atoms with Crippen molar-refractivity contribution in [1.29, 1.82) is 0 Å². The number of carbonyl (C=O) groups is 1. The summed E-state index contributed by atoms with van der Waals surface area (Å²) in [4.78, 5) is 14.9. The molecule has 0 unspecified atom stereocenters. The standard InChI is InChI=1S/C20H26F3NO3/c1-2-15-3-5-16(6-4-15)24-12-11-18(17(24)25)7-9-19(26,10-8-18)13-27-14-20(21,22)23/h3-6,26H,2,7-14H2,1H3/t18-,19+. The Morgan fingerprint density at radius 2 is 1.74 bits per heavy atom. The highest BCUT2D eigenvalue weighted by molar-refractivity contribution is 6.00. The molecule has 1 N–H and O–H groups in total. The molecule has 7 heteroatoms. The second-order valence-electron chi connectivity index (χ2n) is 7.84. The van der Waals surface area contributed by atoms with Crippen molar-refractivity contribution >= 4 is 11.6 Å². The lowest BCUT2D eigenvalue weighted by atomic mass is 9.68. The van der Waals surface area contributed by atoms with Crippen molar-refractivity contribution in [2.24, 2.45) is 5.41 Å². The molecule has 1 heterocycles. The first-order valence-electron chi connectivity index (χ1n) is 9.44. The van der Waals surface area contributed by atoms with Gasteiger partial charge in [-0.3, -0.25) is 4.79 Å². The Balaban J connectivity index is 1.60. The van der Waals surface area contributed by atoms with Crippen molar-refractivity contribution in [3.8, 4) is 0 Å². The summed E-state index contributed by atoms with van der Waals surface area (Å²) in [7, 11) is 0. The highest BCUT2D eigenvalue weighted by Gasteiger charge is 2.51. The molecular weight excluding hydrogens is 359 g/mol. The number of nitrogens with zero attached hydrogens (tertiary/aromatic N) is 1. The van der Waals surface area contributed by atoms with Crippen molar-refractivity contribution < 1.29 is 27.8 Å². The van der Waals surface area contributed by atoms with Gasteiger partial charge in [0.05, 0.1) is 17.6 Å². The fraction of sp³-hybridized carbons (Fsp3) is 0.650. The molecule has 2 fully saturated rings. The van der Waals surface area contributed by atoms with Gasteiger partial charge >= 0.3 is 6.18 Å². The molecule has 2 aliphatic rings. The first-order chi connectivity index (χ1) is 12.7. The predicted octanol–water partition coefficient (Wildman–Crippen LogP) is 3.86. The zero-order chi connectivity index (χ0) is 19.7. The Morgan fingerprint density at radius 1 is 1.11 bits per heavy atom. The maximum Gasteiger partial charge on any atom is 0.411 e. The highest BCUT2D eigenvalue weighted by Crippen LogP contribution is 2.48. The Labute approximate surface area is 157 Å². The molecule has 4 nitrogen and oxygen atoms in total. The number of carbonyl (C=O) groups excluding carboxylic acids is 1. The number of hydrogen-bond acceptors (Lipinski definition) is 3. The Morgan fingerprint density at radius 3 is 2.30 bits per heavy atom. The first kappa shape index (κ1) is 20.1. The Kier molecular flexibility index (Phi) is 5.54. The number of benzene rings is 1. The molecular formula is C20H26F3NO3. The summed E-state index contributed by atoms with van der Waals surface area (Å²) in [6.07, 6.45) is -1.25. The second kappa shape index (κ2) is 7.43. The van der Waals surface area contributed by atoms with Crippen LogP contribution in [0.2, 0.25) is 0 Å². The predicted molar refractivity (Wildman–Crippen MR) is 95.5 cm³/mol. The first-order valence-corrected chi connectivity index (χ1v) is 9.44. The van der Waals surface area contributed by atoms with Gasteiger partial charge in [-0.1, -0.05) is 19.1 Å². The highest BCUT2D eigenvalue weighted by atomic mass is 19.4. The zero-order valence-electron chi connectivity index (χ0n) is 15.5. The lowest BCUT2D eigenvalue weighted by molar-refractivity contribution is -0.191. The summed E-state index contributed by atoms with van der Waals surface area (Å²) in [5.74, 6) is 0.0602. The summed E-state index contributed by atoms with van der Waals surface area (Å²) in [6.45, 7) is 1.000. The van der Waals surface area contributed by atoms with E-state index in [1.54, 1.807) is 4.90 Å². The number of ether oxygens (including phenoxy) is 1. The smallest absolute Gasteiger partial charge is 0.387 e. The van der Waals surface area contributed by atoms with Crippen LogP contribution < -0.4 is 4.90 Å². The largest absolute Gasteiger partial charge is 0.411 e. The van der Waals surface area contributed by atoms with Crippen LogP contribution in [0.15, 0.2) is 24.3 Å². The molecule has 0 bridgehead atoms. The Hall–Kier alpha value is -1.60. The Bertz CT molecular complexity index is 664. The molecule has 1 aromatic carbocycles. The van der Waals surface area contributed by atoms with Gasteiger partial charge in [-0.05, 0) is 56.2 Å². The molecule has 1 aliphatic carbocycles. The average Bonchev–Trinajstić information content (AvgIpc) is 2.94. The minimum atomic E-state index is -4.40. The molecule has 0 radical (unpaired) electrons. The summed E-state index contributed by atoms with van der Waals surface area (Å²) in [5, 5.41) is 10.5. The molecule has 0 aromatic heterocycles. The summed E-state index contributed by atoms with van der Waals surface area (Å²) in [5.41, 5.74) is 0.289. The van der Waals surface area contributed by atoms with Gasteiger partial charge in [-0.2, -0.15) is 13.2 Å². The molecule has 3 rings (SSSR count). The molecule has 1 aliphatic heterocycles. The lowest BCUT2D eigenvalue weighted by Crippen LogP contribution is -2.46. The normalized spacial score (nSPS) is 28.9. The van der Waals surface area contributed by atoms with Crippen LogP contribution >= 0.6 is 0 Å². The van der Waals surface area contributed by atoms with Crippen LogP contribution in [0.3, 0.4) is 0 Å². The van der Waals surface area contributed by atoms with E-state index in [1.165, 1.54) is 5.56 Å². The van der Waals surface area contributed by atoms with Crippen molar-refractivity contribution in [1.82, 2.24) is 0 Å². The molecule has 27 heavy (non-hydrogen) atoms. The van der Waals surface area contributed by atoms with E-state index in [2.05, 4.69) is 11.7 Å². The van der Waals surface area contributed by atoms with Crippen LogP contribution in [0.5, 0.6) is 0 Å². The van der Waals surface area contributed by atoms with Crippen LogP contribution in [0, 0.1) is 5.41 Å². The van der Waals surface area contributed by atoms with Gasteiger partial charge < -0.3 is 14.7 Å². The number of amides is 1. The molecule has 1 spiro atoms. The van der Waals surface area contributed by atoms with E-state index in [1.807, 2.05) is 24.3 Å². The van der Waals surface area contributed by atoms with Crippen molar-refractivity contribution in [2.75, 3.05) is 24.7 Å². The molecule has 150 valence electrons. The molecule has 0 atom stereocenters. The average molecular weight is 385 g/mol. The number of anilines is 1. The van der Waals surface area contributed by atoms with Gasteiger partial charge in [0.25, 0.3) is 0 Å². The maximum atomic E-state index is 13.1. The van der Waals surface area contributed by atoms with Crippen molar-refractivity contribution in [3.63, 3.8) is 0 Å². The van der Waals surface area contributed by atoms with Crippen LogP contribution in [0.4, 0.5) is 18.9 Å². The van der Waals surface area contributed by atoms with E-state index in [0.717, 1.165) is 12.1 Å². The van der Waals surface area contributed by atoms with Gasteiger partial charge in [-0.15, -0.1) is 0 Å². The van der Waals surface area contributed by atoms with Gasteiger partial charge in [0.1, 0.15) is 6.61 Å². The monoisotopic (exact) mass is 385 g/mol. The third kappa shape index (κ3) is 4.46. The summed E-state index contributed by atoms with van der Waals surface area (Å²) in [6, 6.07) is 7.95. The van der Waals surface area contributed by atoms with Crippen molar-refractivity contribution in [3.05, 3.63) is 29.8 Å². The van der Waals surface area contributed by atoms with Crippen LogP contribution in [0.1, 0.15) is 44.6 Å². The van der Waals surface area contributed by atoms with E-state index < -0.39 is 23.8 Å². The number of halogens is 3. The van der Waals surface area contributed by atoms with Gasteiger partial charge in [0, 0.05) is 12.2 Å². The number of rotatable bonds is 5. The van der Waals surface area contributed by atoms with Gasteiger partial charge in [-0.25, -0.2) is 0 Å². The molecule has 1 aromatic rings. The third-order valence-corrected chi connectivity index (χ3v) is 5.94. The molecule has 1 saturated heterocycles. The van der Waals surface area contributed by atoms with Gasteiger partial charge in [0.2, 0.25) is 5.91 Å². The minimum Gasteiger partial charge on any atom is -0.387 e. The van der Waals surface area contributed by atoms with E-state index in [4.69, 9.17) is 0 Å². The van der Waals surface area contributed by atoms with Crippen LogP contribution in [-0.2, 0) is 16.0 Å². The number of aliphatic hydroxyl groups is 1. The third-order valence-electron chi connectivity index (χ3n) is 5.94. The molecule has 1 saturated carbocycles. The molecule has 1 amide bonds. The van der Waals surface area contributed by atoms with E-state index in [0.29, 0.717) is 25.8 Å². The van der Waals surface area contributed by atoms with Crippen molar-refractivity contribution in [2.45, 2.75) is 57.2 Å². The summed E-state index contributed by atoms with van der Waals surface area (Å²) < 4.78 is 41.3. The van der Waals surface area contributed by atoms with E-state index in [9.17, 15) is 23.1 Å². The summed E-state index contributed by atoms with van der Waals surface area (Å²) >= 11 is 0.